The molecule has 0 aromatic heterocycles. The van der Waals surface area contributed by atoms with E-state index in [4.69, 9.17) is 9.47 Å². The molecular weight excluding hydrogens is 188 g/mol. The van der Waals surface area contributed by atoms with Gasteiger partial charge in [0.25, 0.3) is 0 Å². The summed E-state index contributed by atoms with van der Waals surface area (Å²) in [4.78, 5) is 0. The molecule has 2 heteroatoms. The van der Waals surface area contributed by atoms with Crippen LogP contribution in [0.25, 0.3) is 0 Å². The highest BCUT2D eigenvalue weighted by Crippen LogP contribution is 2.49. The Labute approximate surface area is 90.2 Å². The van der Waals surface area contributed by atoms with Crippen LogP contribution in [0.2, 0.25) is 0 Å². The molecule has 1 fully saturated rings. The fourth-order valence-corrected chi connectivity index (χ4v) is 2.83. The molecule has 2 atom stereocenters. The van der Waals surface area contributed by atoms with Crippen LogP contribution in [-0.4, -0.2) is 13.4 Å². The SMILES string of the molecule is Cc1ccc2c(c1)C1OCOCC1(C)C2. The lowest BCUT2D eigenvalue weighted by Gasteiger charge is -2.35. The maximum Gasteiger partial charge on any atom is 0.147 e. The van der Waals surface area contributed by atoms with Crippen LogP contribution in [-0.2, 0) is 15.9 Å². The summed E-state index contributed by atoms with van der Waals surface area (Å²) < 4.78 is 11.2. The summed E-state index contributed by atoms with van der Waals surface area (Å²) in [5.74, 6) is 0. The van der Waals surface area contributed by atoms with E-state index in [1.54, 1.807) is 0 Å². The molecule has 2 unspecified atom stereocenters. The number of ether oxygens (including phenoxy) is 2. The summed E-state index contributed by atoms with van der Waals surface area (Å²) in [6.45, 7) is 5.64. The number of aryl methyl sites for hydroxylation is 1. The van der Waals surface area contributed by atoms with Crippen molar-refractivity contribution in [3.05, 3.63) is 34.9 Å². The molecular formula is C13H16O2. The summed E-state index contributed by atoms with van der Waals surface area (Å²) in [6.07, 6.45) is 1.31. The summed E-state index contributed by atoms with van der Waals surface area (Å²) in [6, 6.07) is 6.68. The van der Waals surface area contributed by atoms with Crippen molar-refractivity contribution < 1.29 is 9.47 Å². The molecule has 2 nitrogen and oxygen atoms in total. The van der Waals surface area contributed by atoms with Gasteiger partial charge < -0.3 is 9.47 Å². The van der Waals surface area contributed by atoms with Gasteiger partial charge in [0.05, 0.1) is 12.7 Å². The van der Waals surface area contributed by atoms with Crippen LogP contribution in [0.3, 0.4) is 0 Å². The van der Waals surface area contributed by atoms with E-state index >= 15 is 0 Å². The number of fused-ring (bicyclic) bond motifs is 3. The predicted molar refractivity (Wildman–Crippen MR) is 57.6 cm³/mol. The highest BCUT2D eigenvalue weighted by atomic mass is 16.7. The quantitative estimate of drug-likeness (QED) is 0.646. The summed E-state index contributed by atoms with van der Waals surface area (Å²) in [5.41, 5.74) is 4.27. The Hall–Kier alpha value is -0.860. The molecule has 80 valence electrons. The minimum atomic E-state index is 0.147. The summed E-state index contributed by atoms with van der Waals surface area (Å²) >= 11 is 0. The van der Waals surface area contributed by atoms with Crippen LogP contribution >= 0.6 is 0 Å². The zero-order chi connectivity index (χ0) is 10.5. The van der Waals surface area contributed by atoms with Gasteiger partial charge in [-0.3, -0.25) is 0 Å². The van der Waals surface area contributed by atoms with Crippen molar-refractivity contribution in [1.29, 1.82) is 0 Å². The maximum absolute atomic E-state index is 5.76. The van der Waals surface area contributed by atoms with E-state index in [0.29, 0.717) is 6.79 Å². The molecule has 0 spiro atoms. The fraction of sp³-hybridized carbons (Fsp3) is 0.538. The van der Waals surface area contributed by atoms with Gasteiger partial charge in [0.1, 0.15) is 6.79 Å². The summed E-state index contributed by atoms with van der Waals surface area (Å²) in [7, 11) is 0. The first-order chi connectivity index (χ1) is 7.19. The van der Waals surface area contributed by atoms with Gasteiger partial charge in [0.15, 0.2) is 0 Å². The molecule has 15 heavy (non-hydrogen) atoms. The van der Waals surface area contributed by atoms with Crippen molar-refractivity contribution in [2.24, 2.45) is 5.41 Å². The van der Waals surface area contributed by atoms with Gasteiger partial charge in [-0.25, -0.2) is 0 Å². The highest BCUT2D eigenvalue weighted by molar-refractivity contribution is 5.39. The second kappa shape index (κ2) is 3.06. The maximum atomic E-state index is 5.76. The van der Waals surface area contributed by atoms with Crippen molar-refractivity contribution >= 4 is 0 Å². The highest BCUT2D eigenvalue weighted by Gasteiger charge is 2.45. The normalized spacial score (nSPS) is 33.6. The molecule has 0 saturated carbocycles. The van der Waals surface area contributed by atoms with Crippen LogP contribution < -0.4 is 0 Å². The molecule has 3 rings (SSSR count). The van der Waals surface area contributed by atoms with Crippen LogP contribution in [0, 0.1) is 12.3 Å². The fourth-order valence-electron chi connectivity index (χ4n) is 2.83. The average Bonchev–Trinajstić information content (AvgIpc) is 2.50. The third-order valence-electron chi connectivity index (χ3n) is 3.56. The van der Waals surface area contributed by atoms with Gasteiger partial charge >= 0.3 is 0 Å². The molecule has 1 heterocycles. The molecule has 0 radical (unpaired) electrons. The average molecular weight is 204 g/mol. The van der Waals surface area contributed by atoms with Gasteiger partial charge in [0, 0.05) is 5.41 Å². The smallest absolute Gasteiger partial charge is 0.147 e. The third-order valence-corrected chi connectivity index (χ3v) is 3.56. The Kier molecular flexibility index (Phi) is 1.91. The largest absolute Gasteiger partial charge is 0.355 e. The first kappa shape index (κ1) is 9.37. The lowest BCUT2D eigenvalue weighted by molar-refractivity contribution is -0.200. The van der Waals surface area contributed by atoms with Gasteiger partial charge in [0.2, 0.25) is 0 Å². The molecule has 1 aromatic rings. The van der Waals surface area contributed by atoms with Gasteiger partial charge in [-0.1, -0.05) is 30.7 Å². The van der Waals surface area contributed by atoms with Gasteiger partial charge in [-0.2, -0.15) is 0 Å². The van der Waals surface area contributed by atoms with Crippen molar-refractivity contribution in [3.8, 4) is 0 Å². The van der Waals surface area contributed by atoms with E-state index in [1.165, 1.54) is 16.7 Å². The van der Waals surface area contributed by atoms with Crippen molar-refractivity contribution in [2.45, 2.75) is 26.4 Å². The summed E-state index contributed by atoms with van der Waals surface area (Å²) in [5, 5.41) is 0. The van der Waals surface area contributed by atoms with Gasteiger partial charge in [-0.15, -0.1) is 0 Å². The third kappa shape index (κ3) is 1.32. The van der Waals surface area contributed by atoms with E-state index in [-0.39, 0.29) is 11.5 Å². The zero-order valence-corrected chi connectivity index (χ0v) is 9.25. The van der Waals surface area contributed by atoms with Crippen LogP contribution in [0.15, 0.2) is 18.2 Å². The second-order valence-electron chi connectivity index (χ2n) is 5.05. The first-order valence-corrected chi connectivity index (χ1v) is 5.48. The number of hydrogen-bond acceptors (Lipinski definition) is 2. The predicted octanol–water partition coefficient (Wildman–Crippen LogP) is 2.60. The molecule has 1 saturated heterocycles. The molecule has 0 amide bonds. The molecule has 1 aliphatic heterocycles. The van der Waals surface area contributed by atoms with E-state index in [9.17, 15) is 0 Å². The molecule has 1 aliphatic carbocycles. The van der Waals surface area contributed by atoms with E-state index in [0.717, 1.165) is 13.0 Å². The minimum Gasteiger partial charge on any atom is -0.355 e. The van der Waals surface area contributed by atoms with E-state index in [1.807, 2.05) is 0 Å². The minimum absolute atomic E-state index is 0.147. The standard InChI is InChI=1S/C13H16O2/c1-9-3-4-10-6-13(2)7-14-8-15-12(13)11(10)5-9/h3-5,12H,6-8H2,1-2H3. The number of benzene rings is 1. The van der Waals surface area contributed by atoms with Crippen molar-refractivity contribution in [1.82, 2.24) is 0 Å². The van der Waals surface area contributed by atoms with Gasteiger partial charge in [-0.05, 0) is 24.5 Å². The van der Waals surface area contributed by atoms with Crippen LogP contribution in [0.1, 0.15) is 29.7 Å². The Balaban J connectivity index is 2.08. The topological polar surface area (TPSA) is 18.5 Å². The molecule has 2 aliphatic rings. The van der Waals surface area contributed by atoms with Crippen LogP contribution in [0.5, 0.6) is 0 Å². The lowest BCUT2D eigenvalue weighted by atomic mass is 9.85. The lowest BCUT2D eigenvalue weighted by Crippen LogP contribution is -2.35. The monoisotopic (exact) mass is 204 g/mol. The Morgan fingerprint density at radius 3 is 3.13 bits per heavy atom. The van der Waals surface area contributed by atoms with E-state index < -0.39 is 0 Å². The number of hydrogen-bond donors (Lipinski definition) is 0. The van der Waals surface area contributed by atoms with Crippen molar-refractivity contribution in [2.75, 3.05) is 13.4 Å². The Morgan fingerprint density at radius 1 is 1.40 bits per heavy atom. The number of rotatable bonds is 0. The van der Waals surface area contributed by atoms with E-state index in [2.05, 4.69) is 32.0 Å². The molecule has 0 bridgehead atoms. The zero-order valence-electron chi connectivity index (χ0n) is 9.25. The molecule has 1 aromatic carbocycles. The Morgan fingerprint density at radius 2 is 2.27 bits per heavy atom. The van der Waals surface area contributed by atoms with Crippen molar-refractivity contribution in [3.63, 3.8) is 0 Å². The van der Waals surface area contributed by atoms with Crippen LogP contribution in [0.4, 0.5) is 0 Å². The first-order valence-electron chi connectivity index (χ1n) is 5.48. The second-order valence-corrected chi connectivity index (χ2v) is 5.05. The Bertz CT molecular complexity index is 400. The molecule has 0 N–H and O–H groups in total.